The van der Waals surface area contributed by atoms with Crippen molar-refractivity contribution in [2.45, 2.75) is 19.4 Å². The summed E-state index contributed by atoms with van der Waals surface area (Å²) in [6.07, 6.45) is 4.76. The first kappa shape index (κ1) is 13.1. The topological polar surface area (TPSA) is 39.4 Å². The second-order valence-corrected chi connectivity index (χ2v) is 5.25. The molecule has 0 aliphatic heterocycles. The Bertz CT molecular complexity index is 378. The van der Waals surface area contributed by atoms with Crippen LogP contribution in [0.4, 0.5) is 0 Å². The lowest BCUT2D eigenvalue weighted by Gasteiger charge is -2.25. The molecule has 0 saturated carbocycles. The van der Waals surface area contributed by atoms with Gasteiger partial charge in [-0.1, -0.05) is 17.8 Å². The van der Waals surface area contributed by atoms with E-state index in [9.17, 15) is 0 Å². The van der Waals surface area contributed by atoms with Crippen molar-refractivity contribution in [3.63, 3.8) is 0 Å². The number of hydrogen-bond donors (Lipinski definition) is 0. The van der Waals surface area contributed by atoms with E-state index in [1.165, 1.54) is 16.6 Å². The summed E-state index contributed by atoms with van der Waals surface area (Å²) < 4.78 is 0. The molecule has 0 aromatic carbocycles. The Morgan fingerprint density at radius 1 is 1.75 bits per heavy atom. The van der Waals surface area contributed by atoms with Crippen molar-refractivity contribution in [2.24, 2.45) is 4.99 Å². The molecule has 0 saturated heterocycles. The minimum atomic E-state index is 0.346. The van der Waals surface area contributed by atoms with E-state index in [2.05, 4.69) is 29.4 Å². The molecule has 0 amide bonds. The molecule has 1 aromatic rings. The van der Waals surface area contributed by atoms with Gasteiger partial charge in [-0.2, -0.15) is 5.26 Å². The zero-order chi connectivity index (χ0) is 12.0. The highest BCUT2D eigenvalue weighted by atomic mass is 32.2. The molecule has 1 unspecified atom stereocenters. The zero-order valence-corrected chi connectivity index (χ0v) is 11.3. The van der Waals surface area contributed by atoms with Crippen LogP contribution in [-0.2, 0) is 6.42 Å². The Labute approximate surface area is 105 Å². The van der Waals surface area contributed by atoms with Crippen LogP contribution in [0.1, 0.15) is 11.8 Å². The van der Waals surface area contributed by atoms with E-state index in [0.717, 1.165) is 11.6 Å². The van der Waals surface area contributed by atoms with Gasteiger partial charge < -0.3 is 4.90 Å². The number of nitriles is 1. The SMILES string of the molecule is CSC(=NC#N)N(C)C(C)Cc1cccs1. The van der Waals surface area contributed by atoms with E-state index < -0.39 is 0 Å². The molecule has 0 aliphatic rings. The lowest BCUT2D eigenvalue weighted by molar-refractivity contribution is 0.397. The summed E-state index contributed by atoms with van der Waals surface area (Å²) in [7, 11) is 1.98. The van der Waals surface area contributed by atoms with E-state index in [1.54, 1.807) is 11.3 Å². The number of hydrogen-bond acceptors (Lipinski definition) is 4. The van der Waals surface area contributed by atoms with E-state index >= 15 is 0 Å². The van der Waals surface area contributed by atoms with Crippen molar-refractivity contribution in [1.29, 1.82) is 5.26 Å². The van der Waals surface area contributed by atoms with Gasteiger partial charge in [0.1, 0.15) is 0 Å². The molecule has 16 heavy (non-hydrogen) atoms. The van der Waals surface area contributed by atoms with Gasteiger partial charge in [0.05, 0.1) is 0 Å². The van der Waals surface area contributed by atoms with Crippen molar-refractivity contribution in [2.75, 3.05) is 13.3 Å². The van der Waals surface area contributed by atoms with Crippen molar-refractivity contribution in [1.82, 2.24) is 4.90 Å². The first-order chi connectivity index (χ1) is 7.69. The first-order valence-corrected chi connectivity index (χ1v) is 7.05. The van der Waals surface area contributed by atoms with Crippen LogP contribution in [-0.4, -0.2) is 29.4 Å². The molecule has 1 heterocycles. The molecule has 0 aliphatic carbocycles. The number of thioether (sulfide) groups is 1. The predicted molar refractivity (Wildman–Crippen MR) is 71.8 cm³/mol. The average molecular weight is 253 g/mol. The summed E-state index contributed by atoms with van der Waals surface area (Å²) in [6.45, 7) is 2.14. The third-order valence-corrected chi connectivity index (χ3v) is 4.01. The summed E-state index contributed by atoms with van der Waals surface area (Å²) in [5, 5.41) is 11.4. The number of likely N-dealkylation sites (N-methyl/N-ethyl adjacent to an activating group) is 1. The Kier molecular flexibility index (Phi) is 5.36. The third kappa shape index (κ3) is 3.54. The quantitative estimate of drug-likeness (QED) is 0.472. The minimum absolute atomic E-state index is 0.346. The highest BCUT2D eigenvalue weighted by molar-refractivity contribution is 8.13. The maximum atomic E-state index is 8.58. The predicted octanol–water partition coefficient (Wildman–Crippen LogP) is 2.81. The van der Waals surface area contributed by atoms with Gasteiger partial charge in [-0.3, -0.25) is 0 Å². The van der Waals surface area contributed by atoms with Crippen LogP contribution in [0.3, 0.4) is 0 Å². The van der Waals surface area contributed by atoms with Gasteiger partial charge in [0.15, 0.2) is 5.17 Å². The van der Waals surface area contributed by atoms with Gasteiger partial charge in [-0.05, 0) is 24.6 Å². The van der Waals surface area contributed by atoms with Crippen molar-refractivity contribution in [3.8, 4) is 6.19 Å². The molecule has 3 nitrogen and oxygen atoms in total. The molecule has 5 heteroatoms. The largest absolute Gasteiger partial charge is 0.351 e. The van der Waals surface area contributed by atoms with Gasteiger partial charge in [0.2, 0.25) is 6.19 Å². The molecule has 0 N–H and O–H groups in total. The Morgan fingerprint density at radius 2 is 2.50 bits per heavy atom. The Balaban J connectivity index is 2.63. The van der Waals surface area contributed by atoms with Crippen LogP contribution in [0, 0.1) is 11.5 Å². The standard InChI is InChI=1S/C11H15N3S2/c1-9(7-10-5-4-6-16-10)14(2)11(15-3)13-8-12/h4-6,9H,7H2,1-3H3. The number of thiophene rings is 1. The average Bonchev–Trinajstić information content (AvgIpc) is 2.77. The number of nitrogens with zero attached hydrogens (tertiary/aromatic N) is 3. The maximum Gasteiger partial charge on any atom is 0.208 e. The fraction of sp³-hybridized carbons (Fsp3) is 0.455. The summed E-state index contributed by atoms with van der Waals surface area (Å²) in [5.74, 6) is 0. The van der Waals surface area contributed by atoms with Gasteiger partial charge in [-0.15, -0.1) is 16.3 Å². The lowest BCUT2D eigenvalue weighted by Crippen LogP contribution is -2.34. The third-order valence-electron chi connectivity index (χ3n) is 2.37. The normalized spacial score (nSPS) is 13.2. The van der Waals surface area contributed by atoms with Crippen LogP contribution in [0.5, 0.6) is 0 Å². The van der Waals surface area contributed by atoms with E-state index in [1.807, 2.05) is 24.4 Å². The van der Waals surface area contributed by atoms with Gasteiger partial charge in [-0.25, -0.2) is 0 Å². The summed E-state index contributed by atoms with van der Waals surface area (Å²) >= 11 is 3.26. The molecule has 1 atom stereocenters. The fourth-order valence-electron chi connectivity index (χ4n) is 1.36. The number of aliphatic imine (C=N–C) groups is 1. The lowest BCUT2D eigenvalue weighted by atomic mass is 10.2. The summed E-state index contributed by atoms with van der Waals surface area (Å²) in [6, 6.07) is 4.54. The smallest absolute Gasteiger partial charge is 0.208 e. The van der Waals surface area contributed by atoms with Crippen molar-refractivity contribution in [3.05, 3.63) is 22.4 Å². The second-order valence-electron chi connectivity index (χ2n) is 3.44. The molecule has 0 radical (unpaired) electrons. The van der Waals surface area contributed by atoms with Gasteiger partial charge in [0, 0.05) is 24.4 Å². The highest BCUT2D eigenvalue weighted by Gasteiger charge is 2.14. The number of rotatable bonds is 3. The van der Waals surface area contributed by atoms with E-state index in [0.29, 0.717) is 6.04 Å². The van der Waals surface area contributed by atoms with Crippen molar-refractivity contribution >= 4 is 28.3 Å². The minimum Gasteiger partial charge on any atom is -0.351 e. The van der Waals surface area contributed by atoms with Gasteiger partial charge >= 0.3 is 0 Å². The summed E-state index contributed by atoms with van der Waals surface area (Å²) in [5.41, 5.74) is 0. The molecule has 0 bridgehead atoms. The Hall–Kier alpha value is -0.990. The molecular weight excluding hydrogens is 238 g/mol. The second kappa shape index (κ2) is 6.56. The Morgan fingerprint density at radius 3 is 3.00 bits per heavy atom. The van der Waals surface area contributed by atoms with Crippen LogP contribution in [0.15, 0.2) is 22.5 Å². The van der Waals surface area contributed by atoms with Crippen LogP contribution < -0.4 is 0 Å². The number of amidine groups is 1. The highest BCUT2D eigenvalue weighted by Crippen LogP contribution is 2.15. The van der Waals surface area contributed by atoms with Crippen LogP contribution in [0.25, 0.3) is 0 Å². The van der Waals surface area contributed by atoms with Crippen molar-refractivity contribution < 1.29 is 0 Å². The molecule has 1 rings (SSSR count). The molecular formula is C11H15N3S2. The zero-order valence-electron chi connectivity index (χ0n) is 9.67. The molecule has 0 spiro atoms. The maximum absolute atomic E-state index is 8.58. The van der Waals surface area contributed by atoms with E-state index in [4.69, 9.17) is 5.26 Å². The van der Waals surface area contributed by atoms with Gasteiger partial charge in [0.25, 0.3) is 0 Å². The molecule has 1 aromatic heterocycles. The van der Waals surface area contributed by atoms with Crippen LogP contribution >= 0.6 is 23.1 Å². The molecule has 86 valence electrons. The first-order valence-electron chi connectivity index (χ1n) is 4.95. The van der Waals surface area contributed by atoms with Crippen LogP contribution in [0.2, 0.25) is 0 Å². The summed E-state index contributed by atoms with van der Waals surface area (Å²) in [4.78, 5) is 7.21. The van der Waals surface area contributed by atoms with E-state index in [-0.39, 0.29) is 0 Å². The fourth-order valence-corrected chi connectivity index (χ4v) is 2.78. The monoisotopic (exact) mass is 253 g/mol. The molecule has 0 fully saturated rings.